The van der Waals surface area contributed by atoms with Gasteiger partial charge in [0.2, 0.25) is 0 Å². The van der Waals surface area contributed by atoms with Crippen LogP contribution >= 0.6 is 0 Å². The summed E-state index contributed by atoms with van der Waals surface area (Å²) in [4.78, 5) is 8.62. The number of rotatable bonds is 1. The average molecular weight is 437 g/mol. The third kappa shape index (κ3) is 2.40. The smallest absolute Gasteiger partial charge is 0.306 e. The normalized spacial score (nSPS) is 12.7. The first-order valence-electron chi connectivity index (χ1n) is 10.5. The summed E-state index contributed by atoms with van der Waals surface area (Å²) < 4.78 is 44.8. The van der Waals surface area contributed by atoms with Crippen molar-refractivity contribution < 1.29 is 13.2 Å². The van der Waals surface area contributed by atoms with E-state index < -0.39 is 11.7 Å². The topological polar surface area (TPSA) is 30.2 Å². The lowest BCUT2D eigenvalue weighted by Crippen LogP contribution is -2.08. The summed E-state index contributed by atoms with van der Waals surface area (Å²) in [5, 5.41) is 4.25. The third-order valence-electron chi connectivity index (χ3n) is 6.44. The van der Waals surface area contributed by atoms with Gasteiger partial charge in [-0.25, -0.2) is 9.97 Å². The van der Waals surface area contributed by atoms with Crippen LogP contribution in [0.2, 0.25) is 0 Å². The molecular formula is C27H14F3N3. The van der Waals surface area contributed by atoms with Gasteiger partial charge in [0.25, 0.3) is 0 Å². The standard InChI is InChI=1S/C27H14F3N3/c28-27(29,30)23-17-8-2-1-6-15(17)12-20-24(31-14-32-25(20)23)22-13-16-7-5-10-19-18-9-3-4-11-21(18)33(22)26(16)19/h1-14H. The van der Waals surface area contributed by atoms with Gasteiger partial charge in [-0.3, -0.25) is 0 Å². The Morgan fingerprint density at radius 3 is 2.24 bits per heavy atom. The van der Waals surface area contributed by atoms with E-state index in [9.17, 15) is 13.2 Å². The van der Waals surface area contributed by atoms with E-state index in [0.29, 0.717) is 16.5 Å². The number of hydrogen-bond donors (Lipinski definition) is 0. The number of halogens is 3. The second kappa shape index (κ2) is 6.19. The first-order chi connectivity index (χ1) is 16.0. The number of hydrogen-bond acceptors (Lipinski definition) is 2. The molecule has 0 bridgehead atoms. The van der Waals surface area contributed by atoms with Crippen LogP contribution in [0.4, 0.5) is 13.2 Å². The van der Waals surface area contributed by atoms with Gasteiger partial charge in [-0.1, -0.05) is 60.7 Å². The van der Waals surface area contributed by atoms with Crippen molar-refractivity contribution >= 4 is 48.9 Å². The second-order valence-electron chi connectivity index (χ2n) is 8.21. The van der Waals surface area contributed by atoms with Crippen molar-refractivity contribution in [3.63, 3.8) is 0 Å². The van der Waals surface area contributed by atoms with E-state index in [1.165, 1.54) is 12.4 Å². The minimum Gasteiger partial charge on any atom is -0.306 e. The van der Waals surface area contributed by atoms with Gasteiger partial charge in [0.05, 0.1) is 33.5 Å². The number of benzene rings is 4. The van der Waals surface area contributed by atoms with Crippen LogP contribution in [-0.4, -0.2) is 14.4 Å². The number of aromatic nitrogens is 3. The number of fused-ring (bicyclic) bond motifs is 5. The highest BCUT2D eigenvalue weighted by Gasteiger charge is 2.36. The highest BCUT2D eigenvalue weighted by molar-refractivity contribution is 6.17. The molecule has 0 fully saturated rings. The van der Waals surface area contributed by atoms with Crippen molar-refractivity contribution in [2.75, 3.05) is 0 Å². The van der Waals surface area contributed by atoms with Crippen LogP contribution in [0.5, 0.6) is 0 Å². The van der Waals surface area contributed by atoms with Gasteiger partial charge in [0.1, 0.15) is 6.33 Å². The molecule has 0 spiro atoms. The predicted octanol–water partition coefficient (Wildman–Crippen LogP) is 7.47. The van der Waals surface area contributed by atoms with Crippen LogP contribution in [0.15, 0.2) is 85.2 Å². The van der Waals surface area contributed by atoms with Gasteiger partial charge in [0.15, 0.2) is 0 Å². The molecule has 0 saturated carbocycles. The summed E-state index contributed by atoms with van der Waals surface area (Å²) in [6, 6.07) is 24.4. The fraction of sp³-hybridized carbons (Fsp3) is 0.0370. The Morgan fingerprint density at radius 2 is 1.39 bits per heavy atom. The molecule has 3 nitrogen and oxygen atoms in total. The number of para-hydroxylation sites is 2. The van der Waals surface area contributed by atoms with E-state index in [1.807, 2.05) is 36.4 Å². The SMILES string of the molecule is FC(F)(F)c1c2ccccc2cc2c(-c3cc4cccc5c6ccccc6n3c45)ncnc12. The van der Waals surface area contributed by atoms with E-state index >= 15 is 0 Å². The maximum absolute atomic E-state index is 14.2. The van der Waals surface area contributed by atoms with Crippen LogP contribution in [-0.2, 0) is 6.18 Å². The molecule has 33 heavy (non-hydrogen) atoms. The Morgan fingerprint density at radius 1 is 0.667 bits per heavy atom. The molecule has 0 saturated heterocycles. The first-order valence-corrected chi connectivity index (χ1v) is 10.5. The summed E-state index contributed by atoms with van der Waals surface area (Å²) in [6.45, 7) is 0. The molecule has 0 aliphatic rings. The number of alkyl halides is 3. The van der Waals surface area contributed by atoms with Crippen molar-refractivity contribution in [1.82, 2.24) is 14.4 Å². The van der Waals surface area contributed by atoms with Crippen LogP contribution < -0.4 is 0 Å². The van der Waals surface area contributed by atoms with Gasteiger partial charge >= 0.3 is 6.18 Å². The summed E-state index contributed by atoms with van der Waals surface area (Å²) in [6.07, 6.45) is -3.32. The highest BCUT2D eigenvalue weighted by Crippen LogP contribution is 2.43. The molecule has 0 N–H and O–H groups in total. The largest absolute Gasteiger partial charge is 0.419 e. The van der Waals surface area contributed by atoms with Crippen LogP contribution in [0, 0.1) is 0 Å². The lowest BCUT2D eigenvalue weighted by atomic mass is 9.98. The maximum Gasteiger partial charge on any atom is 0.419 e. The van der Waals surface area contributed by atoms with E-state index in [4.69, 9.17) is 0 Å². The molecule has 0 atom stereocenters. The van der Waals surface area contributed by atoms with E-state index in [-0.39, 0.29) is 10.9 Å². The Balaban J connectivity index is 1.69. The summed E-state index contributed by atoms with van der Waals surface area (Å²) in [5.41, 5.74) is 2.45. The monoisotopic (exact) mass is 437 g/mol. The molecule has 7 aromatic rings. The van der Waals surface area contributed by atoms with Crippen molar-refractivity contribution in [3.05, 3.63) is 90.8 Å². The molecule has 3 heterocycles. The van der Waals surface area contributed by atoms with Crippen LogP contribution in [0.3, 0.4) is 0 Å². The van der Waals surface area contributed by atoms with Gasteiger partial charge in [-0.15, -0.1) is 0 Å². The molecule has 0 radical (unpaired) electrons. The first kappa shape index (κ1) is 18.4. The highest BCUT2D eigenvalue weighted by atomic mass is 19.4. The molecule has 0 aliphatic carbocycles. The minimum atomic E-state index is -4.55. The third-order valence-corrected chi connectivity index (χ3v) is 6.44. The van der Waals surface area contributed by atoms with Crippen molar-refractivity contribution in [2.24, 2.45) is 0 Å². The van der Waals surface area contributed by atoms with Gasteiger partial charge < -0.3 is 4.40 Å². The lowest BCUT2D eigenvalue weighted by Gasteiger charge is -2.15. The summed E-state index contributed by atoms with van der Waals surface area (Å²) in [5.74, 6) is 0. The minimum absolute atomic E-state index is 0.0873. The second-order valence-corrected chi connectivity index (χ2v) is 8.21. The Labute approximate surface area is 185 Å². The Hall–Kier alpha value is -4.19. The van der Waals surface area contributed by atoms with E-state index in [1.54, 1.807) is 24.3 Å². The van der Waals surface area contributed by atoms with Crippen molar-refractivity contribution in [2.45, 2.75) is 6.18 Å². The molecule has 6 heteroatoms. The molecule has 7 rings (SSSR count). The van der Waals surface area contributed by atoms with Crippen molar-refractivity contribution in [1.29, 1.82) is 0 Å². The average Bonchev–Trinajstić information content (AvgIpc) is 3.36. The molecule has 0 aliphatic heterocycles. The summed E-state index contributed by atoms with van der Waals surface area (Å²) >= 11 is 0. The summed E-state index contributed by atoms with van der Waals surface area (Å²) in [7, 11) is 0. The zero-order chi connectivity index (χ0) is 22.3. The molecular weight excluding hydrogens is 423 g/mol. The quantitative estimate of drug-likeness (QED) is 0.250. The fourth-order valence-electron chi connectivity index (χ4n) is 5.15. The Kier molecular flexibility index (Phi) is 3.45. The predicted molar refractivity (Wildman–Crippen MR) is 125 cm³/mol. The molecule has 4 aromatic carbocycles. The fourth-order valence-corrected chi connectivity index (χ4v) is 5.15. The van der Waals surface area contributed by atoms with E-state index in [2.05, 4.69) is 26.5 Å². The van der Waals surface area contributed by atoms with E-state index in [0.717, 1.165) is 32.9 Å². The van der Waals surface area contributed by atoms with Crippen LogP contribution in [0.1, 0.15) is 5.56 Å². The lowest BCUT2D eigenvalue weighted by molar-refractivity contribution is -0.135. The van der Waals surface area contributed by atoms with Gasteiger partial charge in [-0.2, -0.15) is 13.2 Å². The van der Waals surface area contributed by atoms with Gasteiger partial charge in [-0.05, 0) is 29.0 Å². The number of nitrogens with zero attached hydrogens (tertiary/aromatic N) is 3. The van der Waals surface area contributed by atoms with Gasteiger partial charge in [0, 0.05) is 21.5 Å². The zero-order valence-electron chi connectivity index (χ0n) is 17.1. The molecule has 0 amide bonds. The molecule has 3 aromatic heterocycles. The maximum atomic E-state index is 14.2. The van der Waals surface area contributed by atoms with Crippen molar-refractivity contribution in [3.8, 4) is 11.4 Å². The zero-order valence-corrected chi connectivity index (χ0v) is 17.1. The molecule has 158 valence electrons. The Bertz CT molecular complexity index is 1860. The molecule has 0 unspecified atom stereocenters. The van der Waals surface area contributed by atoms with Crippen LogP contribution in [0.25, 0.3) is 60.3 Å².